The molecule has 0 spiro atoms. The van der Waals surface area contributed by atoms with Crippen molar-refractivity contribution >= 4 is 5.91 Å². The highest BCUT2D eigenvalue weighted by Gasteiger charge is 2.33. The van der Waals surface area contributed by atoms with Gasteiger partial charge in [0.1, 0.15) is 22.8 Å². The van der Waals surface area contributed by atoms with Gasteiger partial charge in [0.05, 0.1) is 30.1 Å². The molecule has 1 fully saturated rings. The molecule has 0 aliphatic heterocycles. The summed E-state index contributed by atoms with van der Waals surface area (Å²) in [4.78, 5) is 15.5. The molecule has 0 radical (unpaired) electrons. The van der Waals surface area contributed by atoms with Gasteiger partial charge in [0.15, 0.2) is 11.6 Å². The van der Waals surface area contributed by atoms with Gasteiger partial charge >= 0.3 is 0 Å². The Hall–Kier alpha value is -3.79. The monoisotopic (exact) mass is 436 g/mol. The summed E-state index contributed by atoms with van der Waals surface area (Å²) in [5.74, 6) is -0.611. The summed E-state index contributed by atoms with van der Waals surface area (Å²) in [5, 5.41) is 9.06. The third kappa shape index (κ3) is 3.58. The van der Waals surface area contributed by atoms with E-state index < -0.39 is 11.7 Å². The number of halogens is 1. The average Bonchev–Trinajstić information content (AvgIpc) is 3.49. The summed E-state index contributed by atoms with van der Waals surface area (Å²) >= 11 is 0. The van der Waals surface area contributed by atoms with Crippen molar-refractivity contribution in [1.82, 2.24) is 24.5 Å². The molecule has 0 atom stereocenters. The molecule has 10 heteroatoms. The second-order valence-corrected chi connectivity index (χ2v) is 7.58. The molecule has 0 bridgehead atoms. The van der Waals surface area contributed by atoms with Crippen molar-refractivity contribution in [1.29, 1.82) is 0 Å². The number of hydrogen-bond acceptors (Lipinski definition) is 6. The highest BCUT2D eigenvalue weighted by atomic mass is 19.1. The maximum absolute atomic E-state index is 14.6. The molecule has 0 saturated heterocycles. The highest BCUT2D eigenvalue weighted by molar-refractivity contribution is 5.90. The maximum Gasteiger partial charge on any atom is 0.284 e. The molecule has 5 rings (SSSR count). The van der Waals surface area contributed by atoms with E-state index in [4.69, 9.17) is 14.9 Å². The molecule has 1 amide bonds. The fraction of sp³-hybridized carbons (Fsp3) is 0.273. The van der Waals surface area contributed by atoms with E-state index in [0.717, 1.165) is 12.8 Å². The van der Waals surface area contributed by atoms with E-state index in [1.807, 2.05) is 17.8 Å². The van der Waals surface area contributed by atoms with E-state index in [-0.39, 0.29) is 23.6 Å². The lowest BCUT2D eigenvalue weighted by Crippen LogP contribution is -2.33. The predicted molar refractivity (Wildman–Crippen MR) is 112 cm³/mol. The van der Waals surface area contributed by atoms with Gasteiger partial charge in [0.25, 0.3) is 5.91 Å². The van der Waals surface area contributed by atoms with E-state index >= 15 is 0 Å². The van der Waals surface area contributed by atoms with Gasteiger partial charge in [0, 0.05) is 19.0 Å². The quantitative estimate of drug-likeness (QED) is 0.475. The van der Waals surface area contributed by atoms with Gasteiger partial charge in [0.2, 0.25) is 0 Å². The van der Waals surface area contributed by atoms with Crippen LogP contribution in [0.4, 0.5) is 4.39 Å². The van der Waals surface area contributed by atoms with Crippen LogP contribution in [0, 0.1) is 5.82 Å². The predicted octanol–water partition coefficient (Wildman–Crippen LogP) is 3.37. The van der Waals surface area contributed by atoms with Crippen LogP contribution in [0.2, 0.25) is 0 Å². The third-order valence-electron chi connectivity index (χ3n) is 5.50. The van der Waals surface area contributed by atoms with Gasteiger partial charge in [-0.3, -0.25) is 14.5 Å². The summed E-state index contributed by atoms with van der Waals surface area (Å²) in [7, 11) is 0. The van der Waals surface area contributed by atoms with Crippen LogP contribution in [0.25, 0.3) is 28.4 Å². The fourth-order valence-electron chi connectivity index (χ4n) is 3.80. The van der Waals surface area contributed by atoms with Crippen LogP contribution >= 0.6 is 0 Å². The third-order valence-corrected chi connectivity index (χ3v) is 5.50. The summed E-state index contributed by atoms with van der Waals surface area (Å²) in [6.45, 7) is 2.65. The van der Waals surface area contributed by atoms with Gasteiger partial charge in [-0.05, 0) is 44.0 Å². The van der Waals surface area contributed by atoms with Crippen molar-refractivity contribution in [2.45, 2.75) is 31.9 Å². The van der Waals surface area contributed by atoms with E-state index in [9.17, 15) is 9.18 Å². The summed E-state index contributed by atoms with van der Waals surface area (Å²) in [6.07, 6.45) is 8.56. The molecule has 0 aromatic carbocycles. The van der Waals surface area contributed by atoms with E-state index in [1.165, 1.54) is 24.4 Å². The summed E-state index contributed by atoms with van der Waals surface area (Å²) < 4.78 is 29.1. The van der Waals surface area contributed by atoms with Crippen molar-refractivity contribution in [2.24, 2.45) is 5.73 Å². The minimum Gasteiger partial charge on any atom is -0.451 e. The number of amides is 1. The van der Waals surface area contributed by atoms with Crippen LogP contribution in [-0.4, -0.2) is 43.2 Å². The topological polar surface area (TPSA) is 114 Å². The Kier molecular flexibility index (Phi) is 5.06. The molecule has 9 nitrogen and oxygen atoms in total. The van der Waals surface area contributed by atoms with Crippen molar-refractivity contribution in [3.05, 3.63) is 60.6 Å². The number of pyridine rings is 1. The second kappa shape index (κ2) is 8.04. The molecule has 32 heavy (non-hydrogen) atoms. The minimum atomic E-state index is -0.649. The maximum atomic E-state index is 14.6. The van der Waals surface area contributed by atoms with E-state index in [0.29, 0.717) is 29.3 Å². The first-order valence-electron chi connectivity index (χ1n) is 10.3. The van der Waals surface area contributed by atoms with Gasteiger partial charge in [-0.25, -0.2) is 9.07 Å². The number of rotatable bonds is 7. The molecule has 1 saturated carbocycles. The number of carbonyl (C=O) groups is 1. The second-order valence-electron chi connectivity index (χ2n) is 7.58. The number of hydrogen-bond donors (Lipinski definition) is 1. The number of primary amides is 1. The molecular formula is C22H21FN6O3. The van der Waals surface area contributed by atoms with Crippen LogP contribution in [0.3, 0.4) is 0 Å². The molecule has 4 heterocycles. The number of nitrogens with two attached hydrogens (primary N) is 1. The number of aromatic nitrogens is 5. The molecule has 0 unspecified atom stereocenters. The van der Waals surface area contributed by atoms with Crippen molar-refractivity contribution in [3.63, 3.8) is 0 Å². The number of furan rings is 1. The van der Waals surface area contributed by atoms with Crippen LogP contribution in [0.5, 0.6) is 0 Å². The largest absolute Gasteiger partial charge is 0.451 e. The normalized spacial score (nSPS) is 17.9. The van der Waals surface area contributed by atoms with Crippen LogP contribution in [0.15, 0.2) is 53.5 Å². The van der Waals surface area contributed by atoms with Crippen molar-refractivity contribution in [3.8, 4) is 28.4 Å². The number of ether oxygens (including phenoxy) is 1. The highest BCUT2D eigenvalue weighted by Crippen LogP contribution is 2.37. The Morgan fingerprint density at radius 3 is 2.84 bits per heavy atom. The Morgan fingerprint density at radius 2 is 2.12 bits per heavy atom. The van der Waals surface area contributed by atoms with Crippen LogP contribution in [-0.2, 0) is 4.74 Å². The standard InChI is InChI=1S/C22H21FN6O3/c1-2-31-15-8-14(9-15)28-12-17(21(27-28)20-16(23)4-3-7-25-20)29-11-13(10-26-29)18-5-6-19(32-18)22(24)30/h3-7,10-12,14-15H,2,8-9H2,1H3,(H2,24,30). The summed E-state index contributed by atoms with van der Waals surface area (Å²) in [5.41, 5.74) is 7.01. The van der Waals surface area contributed by atoms with Crippen LogP contribution < -0.4 is 5.73 Å². The zero-order valence-corrected chi connectivity index (χ0v) is 17.3. The average molecular weight is 436 g/mol. The lowest BCUT2D eigenvalue weighted by atomic mass is 9.89. The van der Waals surface area contributed by atoms with Crippen molar-refractivity contribution < 1.29 is 18.3 Å². The van der Waals surface area contributed by atoms with Crippen LogP contribution in [0.1, 0.15) is 36.4 Å². The smallest absolute Gasteiger partial charge is 0.284 e. The molecule has 4 aromatic rings. The number of nitrogens with zero attached hydrogens (tertiary/aromatic N) is 5. The van der Waals surface area contributed by atoms with E-state index in [2.05, 4.69) is 15.2 Å². The molecule has 164 valence electrons. The Bertz CT molecular complexity index is 1270. The van der Waals surface area contributed by atoms with Gasteiger partial charge in [-0.15, -0.1) is 0 Å². The van der Waals surface area contributed by atoms with E-state index in [1.54, 1.807) is 23.1 Å². The molecule has 1 aliphatic carbocycles. The minimum absolute atomic E-state index is 0.0608. The lowest BCUT2D eigenvalue weighted by Gasteiger charge is -2.34. The zero-order valence-electron chi connectivity index (χ0n) is 17.3. The fourth-order valence-corrected chi connectivity index (χ4v) is 3.80. The van der Waals surface area contributed by atoms with Gasteiger partial charge in [-0.2, -0.15) is 10.2 Å². The first-order valence-corrected chi connectivity index (χ1v) is 10.3. The SMILES string of the molecule is CCOC1CC(n2cc(-n3cc(-c4ccc(C(N)=O)o4)cn3)c(-c3ncccc3F)n2)C1. The van der Waals surface area contributed by atoms with Gasteiger partial charge in [-0.1, -0.05) is 0 Å². The van der Waals surface area contributed by atoms with Gasteiger partial charge < -0.3 is 14.9 Å². The van der Waals surface area contributed by atoms with Crippen molar-refractivity contribution in [2.75, 3.05) is 6.61 Å². The molecular weight excluding hydrogens is 415 g/mol. The number of carbonyl (C=O) groups excluding carboxylic acids is 1. The summed E-state index contributed by atoms with van der Waals surface area (Å²) in [6, 6.07) is 6.19. The first-order chi connectivity index (χ1) is 15.5. The molecule has 4 aromatic heterocycles. The molecule has 2 N–H and O–H groups in total. The Labute approximate surface area is 182 Å². The zero-order chi connectivity index (χ0) is 22.2. The molecule has 1 aliphatic rings. The first kappa shape index (κ1) is 20.1. The Morgan fingerprint density at radius 1 is 1.28 bits per heavy atom. The Balaban J connectivity index is 1.52. The lowest BCUT2D eigenvalue weighted by molar-refractivity contribution is -0.0226.